The first kappa shape index (κ1) is 21.5. The van der Waals surface area contributed by atoms with Gasteiger partial charge in [0.15, 0.2) is 0 Å². The number of amides is 2. The van der Waals surface area contributed by atoms with Crippen LogP contribution in [0.3, 0.4) is 0 Å². The number of nitrogens with one attached hydrogen (secondary N) is 2. The number of methoxy groups -OCH3 is 2. The van der Waals surface area contributed by atoms with Gasteiger partial charge in [-0.2, -0.15) is 0 Å². The molecule has 0 atom stereocenters. The van der Waals surface area contributed by atoms with Crippen molar-refractivity contribution in [2.75, 3.05) is 44.5 Å². The fraction of sp³-hybridized carbons (Fsp3) is 0.391. The summed E-state index contributed by atoms with van der Waals surface area (Å²) in [6.45, 7) is 1.64. The largest absolute Gasteiger partial charge is 0.497 e. The first-order valence-corrected chi connectivity index (χ1v) is 10.3. The van der Waals surface area contributed by atoms with Crippen molar-refractivity contribution < 1.29 is 19.1 Å². The fourth-order valence-corrected chi connectivity index (χ4v) is 3.52. The quantitative estimate of drug-likeness (QED) is 0.725. The molecule has 0 saturated carbocycles. The number of anilines is 2. The summed E-state index contributed by atoms with van der Waals surface area (Å²) in [4.78, 5) is 27.1. The van der Waals surface area contributed by atoms with Crippen LogP contribution in [0.15, 0.2) is 42.5 Å². The third-order valence-corrected chi connectivity index (χ3v) is 5.13. The highest BCUT2D eigenvalue weighted by atomic mass is 16.5. The van der Waals surface area contributed by atoms with Gasteiger partial charge < -0.3 is 25.0 Å². The summed E-state index contributed by atoms with van der Waals surface area (Å²) in [5, 5.41) is 5.91. The predicted octanol–water partition coefficient (Wildman–Crippen LogP) is 3.77. The van der Waals surface area contributed by atoms with Crippen molar-refractivity contribution in [3.63, 3.8) is 0 Å². The molecule has 0 spiro atoms. The molecule has 2 aromatic carbocycles. The normalized spacial score (nSPS) is 13.9. The number of carbonyl (C=O) groups excluding carboxylic acids is 2. The van der Waals surface area contributed by atoms with Crippen LogP contribution < -0.4 is 20.1 Å². The molecule has 3 rings (SSSR count). The molecule has 1 fully saturated rings. The van der Waals surface area contributed by atoms with E-state index in [9.17, 15) is 9.59 Å². The molecule has 2 N–H and O–H groups in total. The van der Waals surface area contributed by atoms with Crippen LogP contribution in [0, 0.1) is 0 Å². The Bertz CT molecular complexity index is 877. The first-order chi connectivity index (χ1) is 14.6. The van der Waals surface area contributed by atoms with Gasteiger partial charge in [-0.15, -0.1) is 0 Å². The molecule has 1 saturated heterocycles. The topological polar surface area (TPSA) is 79.9 Å². The monoisotopic (exact) mass is 411 g/mol. The van der Waals surface area contributed by atoms with Gasteiger partial charge in [0.1, 0.15) is 11.5 Å². The lowest BCUT2D eigenvalue weighted by molar-refractivity contribution is -0.114. The second kappa shape index (κ2) is 10.5. The Morgan fingerprint density at radius 2 is 1.73 bits per heavy atom. The molecule has 2 aromatic rings. The minimum Gasteiger partial charge on any atom is -0.497 e. The summed E-state index contributed by atoms with van der Waals surface area (Å²) in [6.07, 6.45) is 4.43. The number of benzene rings is 2. The first-order valence-electron chi connectivity index (χ1n) is 10.3. The van der Waals surface area contributed by atoms with E-state index in [4.69, 9.17) is 9.47 Å². The van der Waals surface area contributed by atoms with Crippen molar-refractivity contribution in [3.8, 4) is 11.5 Å². The lowest BCUT2D eigenvalue weighted by Gasteiger charge is -2.20. The average Bonchev–Trinajstić information content (AvgIpc) is 3.06. The molecule has 2 amide bonds. The minimum absolute atomic E-state index is 0.0206. The van der Waals surface area contributed by atoms with Crippen LogP contribution in [0.2, 0.25) is 0 Å². The van der Waals surface area contributed by atoms with Crippen molar-refractivity contribution >= 4 is 23.2 Å². The summed E-state index contributed by atoms with van der Waals surface area (Å²) in [6, 6.07) is 12.4. The number of likely N-dealkylation sites (tertiary alicyclic amines) is 1. The number of hydrogen-bond donors (Lipinski definition) is 2. The average molecular weight is 412 g/mol. The molecule has 160 valence electrons. The SMILES string of the molecule is COc1ccc(OC)c(NCC(=O)Nc2cccc(C(=O)N3CCCCCC3)c2)c1. The van der Waals surface area contributed by atoms with Gasteiger partial charge in [-0.25, -0.2) is 0 Å². The van der Waals surface area contributed by atoms with E-state index < -0.39 is 0 Å². The smallest absolute Gasteiger partial charge is 0.253 e. The zero-order chi connectivity index (χ0) is 21.3. The van der Waals surface area contributed by atoms with Crippen molar-refractivity contribution in [1.29, 1.82) is 0 Å². The molecule has 7 nitrogen and oxygen atoms in total. The van der Waals surface area contributed by atoms with E-state index in [1.54, 1.807) is 56.7 Å². The number of ether oxygens (including phenoxy) is 2. The standard InChI is InChI=1S/C23H29N3O4/c1-29-19-10-11-21(30-2)20(15-19)24-16-22(27)25-18-9-7-8-17(14-18)23(28)26-12-5-3-4-6-13-26/h7-11,14-15,24H,3-6,12-13,16H2,1-2H3,(H,25,27). The van der Waals surface area contributed by atoms with Crippen LogP contribution in [-0.2, 0) is 4.79 Å². The van der Waals surface area contributed by atoms with Gasteiger partial charge in [0.2, 0.25) is 5.91 Å². The zero-order valence-corrected chi connectivity index (χ0v) is 17.6. The number of carbonyl (C=O) groups is 2. The maximum absolute atomic E-state index is 12.8. The van der Waals surface area contributed by atoms with E-state index in [-0.39, 0.29) is 18.4 Å². The second-order valence-electron chi connectivity index (χ2n) is 7.26. The van der Waals surface area contributed by atoms with Gasteiger partial charge in [-0.05, 0) is 43.2 Å². The number of nitrogens with zero attached hydrogens (tertiary/aromatic N) is 1. The van der Waals surface area contributed by atoms with Crippen molar-refractivity contribution in [2.45, 2.75) is 25.7 Å². The summed E-state index contributed by atoms with van der Waals surface area (Å²) < 4.78 is 10.5. The Hall–Kier alpha value is -3.22. The molecule has 30 heavy (non-hydrogen) atoms. The van der Waals surface area contributed by atoms with Crippen LogP contribution in [0.25, 0.3) is 0 Å². The summed E-state index contributed by atoms with van der Waals surface area (Å²) >= 11 is 0. The predicted molar refractivity (Wildman–Crippen MR) is 117 cm³/mol. The molecule has 0 radical (unpaired) electrons. The van der Waals surface area contributed by atoms with Crippen LogP contribution in [0.4, 0.5) is 11.4 Å². The Balaban J connectivity index is 1.60. The Morgan fingerprint density at radius 1 is 0.967 bits per heavy atom. The zero-order valence-electron chi connectivity index (χ0n) is 17.6. The van der Waals surface area contributed by atoms with Crippen molar-refractivity contribution in [1.82, 2.24) is 4.90 Å². The van der Waals surface area contributed by atoms with Gasteiger partial charge >= 0.3 is 0 Å². The molecule has 7 heteroatoms. The molecule has 1 heterocycles. The van der Waals surface area contributed by atoms with Crippen LogP contribution >= 0.6 is 0 Å². The summed E-state index contributed by atoms with van der Waals surface area (Å²) in [7, 11) is 3.15. The molecule has 0 unspecified atom stereocenters. The summed E-state index contributed by atoms with van der Waals surface area (Å²) in [5.74, 6) is 1.08. The lowest BCUT2D eigenvalue weighted by Crippen LogP contribution is -2.31. The van der Waals surface area contributed by atoms with Gasteiger partial charge in [0.05, 0.1) is 26.5 Å². The van der Waals surface area contributed by atoms with Crippen molar-refractivity contribution in [2.24, 2.45) is 0 Å². The third-order valence-electron chi connectivity index (χ3n) is 5.13. The Kier molecular flexibility index (Phi) is 7.54. The Labute approximate surface area is 177 Å². The second-order valence-corrected chi connectivity index (χ2v) is 7.26. The molecule has 0 aliphatic carbocycles. The van der Waals surface area contributed by atoms with Crippen LogP contribution in [0.5, 0.6) is 11.5 Å². The van der Waals surface area contributed by atoms with E-state index >= 15 is 0 Å². The van der Waals surface area contributed by atoms with Gasteiger partial charge in [-0.1, -0.05) is 18.9 Å². The minimum atomic E-state index is -0.223. The van der Waals surface area contributed by atoms with E-state index in [1.807, 2.05) is 4.90 Å². The molecule has 0 bridgehead atoms. The molecule has 0 aromatic heterocycles. The van der Waals surface area contributed by atoms with E-state index in [0.29, 0.717) is 28.4 Å². The summed E-state index contributed by atoms with van der Waals surface area (Å²) in [5.41, 5.74) is 1.86. The highest BCUT2D eigenvalue weighted by Gasteiger charge is 2.17. The van der Waals surface area contributed by atoms with E-state index in [2.05, 4.69) is 10.6 Å². The van der Waals surface area contributed by atoms with Crippen LogP contribution in [0.1, 0.15) is 36.0 Å². The van der Waals surface area contributed by atoms with Gasteiger partial charge in [0, 0.05) is 30.4 Å². The van der Waals surface area contributed by atoms with E-state index in [0.717, 1.165) is 25.9 Å². The van der Waals surface area contributed by atoms with Crippen molar-refractivity contribution in [3.05, 3.63) is 48.0 Å². The maximum atomic E-state index is 12.8. The molecule has 1 aliphatic heterocycles. The van der Waals surface area contributed by atoms with Crippen LogP contribution in [-0.4, -0.2) is 50.6 Å². The van der Waals surface area contributed by atoms with Gasteiger partial charge in [-0.3, -0.25) is 9.59 Å². The molecular weight excluding hydrogens is 382 g/mol. The Morgan fingerprint density at radius 3 is 2.43 bits per heavy atom. The van der Waals surface area contributed by atoms with Gasteiger partial charge in [0.25, 0.3) is 5.91 Å². The highest BCUT2D eigenvalue weighted by molar-refractivity contribution is 5.98. The number of rotatable bonds is 7. The molecule has 1 aliphatic rings. The van der Waals surface area contributed by atoms with E-state index in [1.165, 1.54) is 12.8 Å². The maximum Gasteiger partial charge on any atom is 0.253 e. The number of hydrogen-bond acceptors (Lipinski definition) is 5. The lowest BCUT2D eigenvalue weighted by atomic mass is 10.1. The third kappa shape index (κ3) is 5.65. The highest BCUT2D eigenvalue weighted by Crippen LogP contribution is 2.28. The molecular formula is C23H29N3O4. The fourth-order valence-electron chi connectivity index (χ4n) is 3.52.